The molecule has 0 aliphatic carbocycles. The molecule has 1 aromatic heterocycles. The second kappa shape index (κ2) is 15.7. The van der Waals surface area contributed by atoms with Crippen molar-refractivity contribution >= 4 is 23.6 Å². The fourth-order valence-corrected chi connectivity index (χ4v) is 5.43. The molecule has 1 saturated heterocycles. The Hall–Kier alpha value is -3.25. The Labute approximate surface area is 245 Å². The number of hydrogen-bond donors (Lipinski definition) is 3. The number of carbonyl (C=O) groups is 2. The first-order chi connectivity index (χ1) is 19.9. The second-order valence-corrected chi connectivity index (χ2v) is 11.2. The molecule has 0 saturated carbocycles. The number of aryl methyl sites for hydroxylation is 1. The minimum absolute atomic E-state index is 0.00123. The predicted molar refractivity (Wildman–Crippen MR) is 156 cm³/mol. The van der Waals surface area contributed by atoms with E-state index in [1.807, 2.05) is 60.1 Å². The van der Waals surface area contributed by atoms with E-state index in [1.165, 1.54) is 6.92 Å². The molecule has 0 radical (unpaired) electrons. The van der Waals surface area contributed by atoms with Gasteiger partial charge in [-0.15, -0.1) is 10.2 Å². The Morgan fingerprint density at radius 2 is 1.73 bits per heavy atom. The third-order valence-corrected chi connectivity index (χ3v) is 8.05. The lowest BCUT2D eigenvalue weighted by Crippen LogP contribution is -2.31. The Balaban J connectivity index is 1.32. The molecule has 1 fully saturated rings. The van der Waals surface area contributed by atoms with Gasteiger partial charge in [-0.3, -0.25) is 9.59 Å². The van der Waals surface area contributed by atoms with Crippen molar-refractivity contribution in [3.05, 3.63) is 77.1 Å². The molecule has 1 aliphatic rings. The van der Waals surface area contributed by atoms with E-state index in [4.69, 9.17) is 9.47 Å². The van der Waals surface area contributed by atoms with Crippen LogP contribution in [0.5, 0.6) is 0 Å². The molecular weight excluding hydrogens is 542 g/mol. The highest BCUT2D eigenvalue weighted by atomic mass is 32.2. The molecule has 3 N–H and O–H groups in total. The molecule has 2 aromatic carbocycles. The predicted octanol–water partition coefficient (Wildman–Crippen LogP) is 3.96. The highest BCUT2D eigenvalue weighted by Crippen LogP contribution is 2.39. The standard InChI is InChI=1S/C30H39N5O5S/c1-21(37)31-15-5-3-4-6-28(38)32-17-22-7-13-25(14-8-22)29-39-26(19-41-30-34-33-20-35(30)2)16-27(40-29)24-11-9-23(18-36)10-12-24/h7-14,20,26-27,29,36H,3-6,15-19H2,1-2H3,(H,31,37)(H,32,38)/t26-,27+,29+/m0/s1. The molecule has 0 spiro atoms. The van der Waals surface area contributed by atoms with Crippen molar-refractivity contribution in [1.82, 2.24) is 25.4 Å². The topological polar surface area (TPSA) is 128 Å². The molecule has 220 valence electrons. The number of ether oxygens (including phenoxy) is 2. The first kappa shape index (κ1) is 30.7. The number of unbranched alkanes of at least 4 members (excludes halogenated alkanes) is 2. The van der Waals surface area contributed by atoms with E-state index in [0.717, 1.165) is 46.7 Å². The van der Waals surface area contributed by atoms with E-state index in [0.29, 0.717) is 31.7 Å². The molecular formula is C30H39N5O5S. The van der Waals surface area contributed by atoms with Gasteiger partial charge in [0.25, 0.3) is 0 Å². The van der Waals surface area contributed by atoms with Crippen molar-refractivity contribution in [2.45, 2.75) is 75.8 Å². The second-order valence-electron chi connectivity index (χ2n) is 10.2. The Bertz CT molecular complexity index is 1250. The summed E-state index contributed by atoms with van der Waals surface area (Å²) >= 11 is 1.60. The number of amides is 2. The molecule has 0 unspecified atom stereocenters. The molecule has 1 aliphatic heterocycles. The van der Waals surface area contributed by atoms with Crippen LogP contribution < -0.4 is 10.6 Å². The number of benzene rings is 2. The third-order valence-electron chi connectivity index (χ3n) is 6.88. The van der Waals surface area contributed by atoms with E-state index in [-0.39, 0.29) is 30.6 Å². The van der Waals surface area contributed by atoms with Gasteiger partial charge in [0, 0.05) is 51.2 Å². The number of aromatic nitrogens is 3. The normalized spacial score (nSPS) is 18.7. The van der Waals surface area contributed by atoms with Crippen molar-refractivity contribution in [3.8, 4) is 0 Å². The van der Waals surface area contributed by atoms with E-state index >= 15 is 0 Å². The molecule has 3 atom stereocenters. The number of rotatable bonds is 14. The van der Waals surface area contributed by atoms with E-state index in [9.17, 15) is 14.7 Å². The van der Waals surface area contributed by atoms with Gasteiger partial charge < -0.3 is 29.8 Å². The molecule has 2 heterocycles. The molecule has 41 heavy (non-hydrogen) atoms. The van der Waals surface area contributed by atoms with Crippen LogP contribution in [-0.2, 0) is 39.3 Å². The van der Waals surface area contributed by atoms with Gasteiger partial charge in [0.15, 0.2) is 11.4 Å². The number of aliphatic hydroxyl groups is 1. The van der Waals surface area contributed by atoms with Crippen LogP contribution in [0.25, 0.3) is 0 Å². The summed E-state index contributed by atoms with van der Waals surface area (Å²) in [6, 6.07) is 15.8. The Kier molecular flexibility index (Phi) is 11.7. The maximum absolute atomic E-state index is 12.2. The summed E-state index contributed by atoms with van der Waals surface area (Å²) in [5.74, 6) is 0.696. The van der Waals surface area contributed by atoms with Crippen LogP contribution in [0, 0.1) is 0 Å². The zero-order chi connectivity index (χ0) is 29.0. The zero-order valence-corrected chi connectivity index (χ0v) is 24.4. The van der Waals surface area contributed by atoms with Crippen LogP contribution in [-0.4, -0.2) is 50.1 Å². The largest absolute Gasteiger partial charge is 0.392 e. The summed E-state index contributed by atoms with van der Waals surface area (Å²) in [4.78, 5) is 23.1. The van der Waals surface area contributed by atoms with Crippen molar-refractivity contribution in [3.63, 3.8) is 0 Å². The summed E-state index contributed by atoms with van der Waals surface area (Å²) in [7, 11) is 1.92. The number of nitrogens with zero attached hydrogens (tertiary/aromatic N) is 3. The van der Waals surface area contributed by atoms with Crippen molar-refractivity contribution in [1.29, 1.82) is 0 Å². The molecule has 2 amide bonds. The van der Waals surface area contributed by atoms with Crippen LogP contribution in [0.15, 0.2) is 60.0 Å². The fourth-order valence-electron chi connectivity index (χ4n) is 4.53. The minimum atomic E-state index is -0.544. The van der Waals surface area contributed by atoms with Gasteiger partial charge in [-0.1, -0.05) is 66.7 Å². The van der Waals surface area contributed by atoms with Crippen LogP contribution in [0.1, 0.15) is 73.7 Å². The molecule has 4 rings (SSSR count). The number of nitrogens with one attached hydrogen (secondary N) is 2. The van der Waals surface area contributed by atoms with Crippen LogP contribution in [0.4, 0.5) is 0 Å². The van der Waals surface area contributed by atoms with E-state index < -0.39 is 6.29 Å². The smallest absolute Gasteiger partial charge is 0.220 e. The van der Waals surface area contributed by atoms with Gasteiger partial charge >= 0.3 is 0 Å². The monoisotopic (exact) mass is 581 g/mol. The summed E-state index contributed by atoms with van der Waals surface area (Å²) in [5.41, 5.74) is 3.80. The van der Waals surface area contributed by atoms with Crippen molar-refractivity contribution in [2.24, 2.45) is 7.05 Å². The van der Waals surface area contributed by atoms with Crippen LogP contribution in [0.2, 0.25) is 0 Å². The van der Waals surface area contributed by atoms with Crippen LogP contribution >= 0.6 is 11.8 Å². The first-order valence-corrected chi connectivity index (χ1v) is 15.0. The average molecular weight is 582 g/mol. The first-order valence-electron chi connectivity index (χ1n) is 14.0. The quantitative estimate of drug-likeness (QED) is 0.193. The Morgan fingerprint density at radius 3 is 2.41 bits per heavy atom. The summed E-state index contributed by atoms with van der Waals surface area (Å²) in [5, 5.41) is 24.1. The zero-order valence-electron chi connectivity index (χ0n) is 23.6. The lowest BCUT2D eigenvalue weighted by atomic mass is 10.0. The summed E-state index contributed by atoms with van der Waals surface area (Å²) in [6.45, 7) is 2.61. The number of thioether (sulfide) groups is 1. The van der Waals surface area contributed by atoms with Crippen molar-refractivity contribution in [2.75, 3.05) is 12.3 Å². The number of hydrogen-bond acceptors (Lipinski definition) is 8. The lowest BCUT2D eigenvalue weighted by molar-refractivity contribution is -0.245. The molecule has 10 nitrogen and oxygen atoms in total. The fraction of sp³-hybridized carbons (Fsp3) is 0.467. The SMILES string of the molecule is CC(=O)NCCCCCC(=O)NCc1ccc([C@@H]2O[C@H](CSc3nncn3C)C[C@H](c3ccc(CO)cc3)O2)cc1. The van der Waals surface area contributed by atoms with Crippen LogP contribution in [0.3, 0.4) is 0 Å². The van der Waals surface area contributed by atoms with E-state index in [1.54, 1.807) is 18.1 Å². The maximum atomic E-state index is 12.2. The highest BCUT2D eigenvalue weighted by molar-refractivity contribution is 7.99. The lowest BCUT2D eigenvalue weighted by Gasteiger charge is -2.36. The summed E-state index contributed by atoms with van der Waals surface area (Å²) < 4.78 is 14.7. The van der Waals surface area contributed by atoms with Gasteiger partial charge in [0.2, 0.25) is 11.8 Å². The van der Waals surface area contributed by atoms with Gasteiger partial charge in [0.1, 0.15) is 6.33 Å². The van der Waals surface area contributed by atoms with Gasteiger partial charge in [0.05, 0.1) is 18.8 Å². The summed E-state index contributed by atoms with van der Waals surface area (Å²) in [6.07, 6.45) is 4.62. The molecule has 11 heteroatoms. The third kappa shape index (κ3) is 9.67. The van der Waals surface area contributed by atoms with Gasteiger partial charge in [-0.25, -0.2) is 0 Å². The maximum Gasteiger partial charge on any atom is 0.220 e. The number of aliphatic hydroxyl groups excluding tert-OH is 1. The molecule has 3 aromatic rings. The Morgan fingerprint density at radius 1 is 1.00 bits per heavy atom. The average Bonchev–Trinajstić information content (AvgIpc) is 3.41. The van der Waals surface area contributed by atoms with Gasteiger partial charge in [-0.05, 0) is 29.5 Å². The van der Waals surface area contributed by atoms with Crippen molar-refractivity contribution < 1.29 is 24.2 Å². The van der Waals surface area contributed by atoms with Gasteiger partial charge in [-0.2, -0.15) is 0 Å². The number of carbonyl (C=O) groups excluding carboxylic acids is 2. The molecule has 0 bridgehead atoms. The highest BCUT2D eigenvalue weighted by Gasteiger charge is 2.32. The minimum Gasteiger partial charge on any atom is -0.392 e. The van der Waals surface area contributed by atoms with E-state index in [2.05, 4.69) is 20.8 Å².